The molecule has 0 bridgehead atoms. The van der Waals surface area contributed by atoms with Gasteiger partial charge in [-0.25, -0.2) is 0 Å². The summed E-state index contributed by atoms with van der Waals surface area (Å²) in [7, 11) is -1.50. The van der Waals surface area contributed by atoms with Gasteiger partial charge in [-0.3, -0.25) is 0 Å². The Bertz CT molecular complexity index is 2290. The molecule has 0 N–H and O–H groups in total. The van der Waals surface area contributed by atoms with E-state index >= 15 is 0 Å². The molecule has 5 heteroatoms. The summed E-state index contributed by atoms with van der Waals surface area (Å²) in [6.45, 7) is 14.6. The van der Waals surface area contributed by atoms with Crippen LogP contribution in [0.25, 0.3) is 55.6 Å². The maximum atomic E-state index is 8.44. The van der Waals surface area contributed by atoms with Crippen LogP contribution in [0.4, 0.5) is 0 Å². The molecule has 3 heterocycles. The normalized spacial score (nSPS) is 12.9. The van der Waals surface area contributed by atoms with Gasteiger partial charge in [-0.1, -0.05) is 124 Å². The monoisotopic (exact) mass is 840 g/mol. The van der Waals surface area contributed by atoms with Crippen LogP contribution < -0.4 is 5.19 Å². The molecule has 7 rings (SSSR count). The van der Waals surface area contributed by atoms with Crippen LogP contribution in [0.15, 0.2) is 120 Å². The van der Waals surface area contributed by atoms with Gasteiger partial charge in [0.05, 0.1) is 13.7 Å². The largest absolute Gasteiger partial charge is 0.501 e. The molecule has 49 heavy (non-hydrogen) atoms. The number of fused-ring (bicyclic) bond motifs is 3. The molecule has 3 nitrogen and oxygen atoms in total. The van der Waals surface area contributed by atoms with Crippen LogP contribution in [0.3, 0.4) is 0 Å². The summed E-state index contributed by atoms with van der Waals surface area (Å²) in [4.78, 5) is 9.12. The molecular formula is C44H44IrN2OSi-2. The van der Waals surface area contributed by atoms with Gasteiger partial charge >= 0.3 is 0 Å². The minimum Gasteiger partial charge on any atom is -0.501 e. The second kappa shape index (κ2) is 15.6. The zero-order valence-corrected chi connectivity index (χ0v) is 32.6. The maximum absolute atomic E-state index is 8.44. The number of pyridine rings is 2. The Labute approximate surface area is 310 Å². The van der Waals surface area contributed by atoms with Gasteiger partial charge in [0, 0.05) is 42.0 Å². The zero-order valence-electron chi connectivity index (χ0n) is 32.2. The fraction of sp³-hybridized carbons (Fsp3) is 0.227. The minimum absolute atomic E-state index is 0. The van der Waals surface area contributed by atoms with Crippen LogP contribution in [-0.4, -0.2) is 18.0 Å². The second-order valence-electron chi connectivity index (χ2n) is 13.6. The molecule has 0 aliphatic heterocycles. The molecule has 0 saturated carbocycles. The minimum atomic E-state index is -1.50. The van der Waals surface area contributed by atoms with Crippen LogP contribution in [0.2, 0.25) is 19.6 Å². The molecule has 3 aromatic heterocycles. The first-order valence-corrected chi connectivity index (χ1v) is 20.0. The van der Waals surface area contributed by atoms with E-state index in [1.54, 1.807) is 12.3 Å². The molecule has 0 spiro atoms. The summed E-state index contributed by atoms with van der Waals surface area (Å²) in [5.41, 5.74) is 8.78. The first-order chi connectivity index (χ1) is 24.1. The molecule has 0 aliphatic carbocycles. The summed E-state index contributed by atoms with van der Waals surface area (Å²) < 4.78 is 31.6. The van der Waals surface area contributed by atoms with Crippen LogP contribution in [0, 0.1) is 18.1 Å². The smallest absolute Gasteiger partial charge is 0.121 e. The molecule has 1 radical (unpaired) electrons. The average molecular weight is 840 g/mol. The topological polar surface area (TPSA) is 38.9 Å². The molecule has 0 saturated heterocycles. The number of rotatable bonds is 7. The third kappa shape index (κ3) is 8.36. The quantitative estimate of drug-likeness (QED) is 0.119. The van der Waals surface area contributed by atoms with Crippen molar-refractivity contribution >= 4 is 35.2 Å². The van der Waals surface area contributed by atoms with E-state index < -0.39 is 20.3 Å². The Hall–Kier alpha value is -4.15. The summed E-state index contributed by atoms with van der Waals surface area (Å²) in [5, 5.41) is 3.32. The van der Waals surface area contributed by atoms with Crippen molar-refractivity contribution < 1.29 is 28.6 Å². The third-order valence-electron chi connectivity index (χ3n) is 8.25. The third-order valence-corrected chi connectivity index (χ3v) is 10.3. The molecule has 0 fully saturated rings. The van der Waals surface area contributed by atoms with Gasteiger partial charge in [-0.05, 0) is 58.0 Å². The summed E-state index contributed by atoms with van der Waals surface area (Å²) in [5.74, 6) is -0.757. The SMILES string of the molecule is [2H]C(C)(C)c1cc(-c2[c-]cccc2)ncc1[Si](C)(C)C.[2H]C([2H])(c1ccnc(-c2[c-]ccc3c2oc2cc(-c4ccccc4)ccc23)c1)C(C)C.[Ir]. The predicted molar refractivity (Wildman–Crippen MR) is 205 cm³/mol. The van der Waals surface area contributed by atoms with Crippen LogP contribution in [-0.2, 0) is 26.5 Å². The number of nitrogens with zero attached hydrogens (tertiary/aromatic N) is 2. The number of hydrogen-bond donors (Lipinski definition) is 0. The van der Waals surface area contributed by atoms with Crippen molar-refractivity contribution in [1.29, 1.82) is 0 Å². The van der Waals surface area contributed by atoms with E-state index in [4.69, 9.17) is 8.53 Å². The molecular weight excluding hydrogens is 793 g/mol. The average Bonchev–Trinajstić information content (AvgIpc) is 3.50. The van der Waals surface area contributed by atoms with Crippen molar-refractivity contribution in [2.24, 2.45) is 5.92 Å². The summed E-state index contributed by atoms with van der Waals surface area (Å²) in [6, 6.07) is 40.3. The summed E-state index contributed by atoms with van der Waals surface area (Å²) >= 11 is 0. The van der Waals surface area contributed by atoms with Crippen LogP contribution in [0.5, 0.6) is 0 Å². The first-order valence-electron chi connectivity index (χ1n) is 18.0. The van der Waals surface area contributed by atoms with E-state index in [2.05, 4.69) is 78.1 Å². The van der Waals surface area contributed by atoms with Gasteiger partial charge in [-0.15, -0.1) is 54.1 Å². The zero-order chi connectivity index (χ0) is 36.6. The van der Waals surface area contributed by atoms with Crippen molar-refractivity contribution in [2.45, 2.75) is 59.6 Å². The molecule has 0 atom stereocenters. The van der Waals surface area contributed by atoms with E-state index in [1.165, 1.54) is 5.19 Å². The van der Waals surface area contributed by atoms with E-state index in [9.17, 15) is 0 Å². The van der Waals surface area contributed by atoms with Crippen LogP contribution in [0.1, 0.15) is 48.8 Å². The van der Waals surface area contributed by atoms with Crippen molar-refractivity contribution in [3.8, 4) is 33.6 Å². The van der Waals surface area contributed by atoms with E-state index in [0.717, 1.165) is 55.4 Å². The number of aromatic nitrogens is 2. The Morgan fingerprint density at radius 3 is 2.24 bits per heavy atom. The number of benzene rings is 4. The van der Waals surface area contributed by atoms with Gasteiger partial charge in [0.15, 0.2) is 0 Å². The molecule has 7 aromatic rings. The van der Waals surface area contributed by atoms with Gasteiger partial charge in [0.25, 0.3) is 0 Å². The fourth-order valence-electron chi connectivity index (χ4n) is 5.90. The van der Waals surface area contributed by atoms with Crippen LogP contribution >= 0.6 is 0 Å². The van der Waals surface area contributed by atoms with Gasteiger partial charge in [0.2, 0.25) is 0 Å². The van der Waals surface area contributed by atoms with Crippen molar-refractivity contribution in [1.82, 2.24) is 9.97 Å². The van der Waals surface area contributed by atoms with Gasteiger partial charge < -0.3 is 14.4 Å². The van der Waals surface area contributed by atoms with Crippen molar-refractivity contribution in [3.05, 3.63) is 139 Å². The summed E-state index contributed by atoms with van der Waals surface area (Å²) in [6.07, 6.45) is 2.20. The Balaban J connectivity index is 0.000000217. The first kappa shape index (κ1) is 32.1. The van der Waals surface area contributed by atoms with Crippen molar-refractivity contribution in [2.75, 3.05) is 0 Å². The van der Waals surface area contributed by atoms with Gasteiger partial charge in [-0.2, -0.15) is 0 Å². The maximum Gasteiger partial charge on any atom is 0.121 e. The molecule has 251 valence electrons. The Kier molecular flexibility index (Phi) is 10.2. The Morgan fingerprint density at radius 1 is 0.776 bits per heavy atom. The second-order valence-corrected chi connectivity index (χ2v) is 18.7. The molecule has 0 unspecified atom stereocenters. The van der Waals surface area contributed by atoms with E-state index in [0.29, 0.717) is 11.3 Å². The molecule has 4 aromatic carbocycles. The van der Waals surface area contributed by atoms with Gasteiger partial charge in [0.1, 0.15) is 5.58 Å². The Morgan fingerprint density at radius 2 is 1.55 bits per heavy atom. The van der Waals surface area contributed by atoms with Crippen molar-refractivity contribution in [3.63, 3.8) is 0 Å². The predicted octanol–water partition coefficient (Wildman–Crippen LogP) is 11.5. The fourth-order valence-corrected chi connectivity index (χ4v) is 7.48. The van der Waals surface area contributed by atoms with E-state index in [-0.39, 0.29) is 26.0 Å². The number of furan rings is 1. The molecule has 0 aliphatic rings. The number of hydrogen-bond acceptors (Lipinski definition) is 3. The molecule has 0 amide bonds. The van der Waals surface area contributed by atoms with E-state index in [1.807, 2.05) is 94.6 Å². The standard InChI is InChI=1S/C27H22NO.C17H22NSi.Ir/c1-18(2)15-19-13-14-28-25(16-19)24-10-6-9-23-22-12-11-21(17-26(22)29-27(23)24)20-7-4-3-5-8-20;1-13(2)15-11-16(14-9-7-6-8-10-14)18-12-17(15)19(3,4)5;/h3-9,11-14,16-18H,15H2,1-2H3;6-9,11-13H,1-5H3;/q2*-1;/i15D2;13D;.